The zero-order valence-electron chi connectivity index (χ0n) is 18.6. The molecule has 168 valence electrons. The van der Waals surface area contributed by atoms with Crippen LogP contribution in [-0.2, 0) is 11.2 Å². The average Bonchev–Trinajstić information content (AvgIpc) is 3.01. The smallest absolute Gasteiger partial charge is 0.251 e. The molecular weight excluding hydrogens is 449 g/mol. The zero-order chi connectivity index (χ0) is 23.0. The molecule has 0 bridgehead atoms. The molecule has 0 radical (unpaired) electrons. The van der Waals surface area contributed by atoms with Crippen LogP contribution in [0.25, 0.3) is 5.95 Å². The molecule has 1 saturated heterocycles. The molecule has 10 heteroatoms. The molecule has 4 rings (SSSR count). The molecule has 1 aliphatic heterocycles. The molecule has 0 unspecified atom stereocenters. The van der Waals surface area contributed by atoms with Gasteiger partial charge in [-0.15, -0.1) is 0 Å². The van der Waals surface area contributed by atoms with E-state index >= 15 is 0 Å². The number of carbonyl (C=O) groups is 1. The molecule has 0 aromatic carbocycles. The van der Waals surface area contributed by atoms with Crippen molar-refractivity contribution in [3.63, 3.8) is 0 Å². The third-order valence-corrected chi connectivity index (χ3v) is 6.13. The van der Waals surface area contributed by atoms with E-state index in [-0.39, 0.29) is 5.91 Å². The second-order valence-corrected chi connectivity index (χ2v) is 8.86. The molecule has 8 nitrogen and oxygen atoms in total. The van der Waals surface area contributed by atoms with Crippen molar-refractivity contribution < 1.29 is 4.79 Å². The van der Waals surface area contributed by atoms with Crippen LogP contribution >= 0.6 is 23.2 Å². The first-order valence-corrected chi connectivity index (χ1v) is 11.2. The molecule has 1 aliphatic rings. The maximum atomic E-state index is 13.1. The third-order valence-electron chi connectivity index (χ3n) is 5.65. The van der Waals surface area contributed by atoms with Crippen LogP contribution in [0.1, 0.15) is 28.3 Å². The number of carbonyl (C=O) groups excluding carboxylic acids is 1. The van der Waals surface area contributed by atoms with Gasteiger partial charge >= 0.3 is 0 Å². The Kier molecular flexibility index (Phi) is 6.35. The molecule has 0 atom stereocenters. The molecule has 32 heavy (non-hydrogen) atoms. The number of amides is 1. The third kappa shape index (κ3) is 4.56. The summed E-state index contributed by atoms with van der Waals surface area (Å²) in [5.41, 5.74) is 4.38. The number of nitrogens with zero attached hydrogens (tertiary/aromatic N) is 7. The van der Waals surface area contributed by atoms with E-state index in [0.29, 0.717) is 54.4 Å². The largest absolute Gasteiger partial charge is 0.352 e. The first-order valence-electron chi connectivity index (χ1n) is 10.4. The van der Waals surface area contributed by atoms with Gasteiger partial charge in [-0.2, -0.15) is 5.10 Å². The quantitative estimate of drug-likeness (QED) is 0.576. The summed E-state index contributed by atoms with van der Waals surface area (Å²) in [5, 5.41) is 5.63. The van der Waals surface area contributed by atoms with Crippen molar-refractivity contribution in [1.29, 1.82) is 0 Å². The van der Waals surface area contributed by atoms with Gasteiger partial charge in [-0.3, -0.25) is 4.79 Å². The van der Waals surface area contributed by atoms with E-state index in [1.807, 2.05) is 38.7 Å². The van der Waals surface area contributed by atoms with Gasteiger partial charge in [0.15, 0.2) is 0 Å². The number of rotatable bonds is 4. The molecule has 4 heterocycles. The number of anilines is 1. The normalized spacial score (nSPS) is 14.2. The van der Waals surface area contributed by atoms with E-state index in [1.54, 1.807) is 16.9 Å². The number of pyridine rings is 1. The predicted octanol–water partition coefficient (Wildman–Crippen LogP) is 3.49. The molecule has 3 aromatic heterocycles. The molecule has 0 N–H and O–H groups in total. The lowest BCUT2D eigenvalue weighted by Crippen LogP contribution is -2.49. The maximum absolute atomic E-state index is 13.1. The Balaban J connectivity index is 1.45. The van der Waals surface area contributed by atoms with E-state index in [0.717, 1.165) is 28.3 Å². The van der Waals surface area contributed by atoms with E-state index in [4.69, 9.17) is 23.2 Å². The number of hydrogen-bond acceptors (Lipinski definition) is 6. The molecule has 0 aliphatic carbocycles. The maximum Gasteiger partial charge on any atom is 0.251 e. The van der Waals surface area contributed by atoms with Crippen molar-refractivity contribution in [3.05, 3.63) is 56.7 Å². The van der Waals surface area contributed by atoms with Crippen LogP contribution in [0.4, 0.5) is 5.82 Å². The summed E-state index contributed by atoms with van der Waals surface area (Å²) in [6, 6.07) is 3.61. The lowest BCUT2D eigenvalue weighted by atomic mass is 10.1. The van der Waals surface area contributed by atoms with Crippen LogP contribution in [-0.4, -0.2) is 61.7 Å². The summed E-state index contributed by atoms with van der Waals surface area (Å²) in [6.07, 6.45) is 1.88. The van der Waals surface area contributed by atoms with Crippen LogP contribution in [0, 0.1) is 27.7 Å². The van der Waals surface area contributed by atoms with E-state index < -0.39 is 0 Å². The topological polar surface area (TPSA) is 80.0 Å². The fraction of sp³-hybridized carbons (Fsp3) is 0.409. The molecule has 1 fully saturated rings. The molecular formula is C22H25Cl2N7O. The van der Waals surface area contributed by atoms with Crippen LogP contribution in [0.15, 0.2) is 18.3 Å². The SMILES string of the molecule is Cc1cc(C)nc(-n2nc(C)c(CC(=O)N3CCN(c4ncc(Cl)cc4Cl)CC3)c2C)n1. The fourth-order valence-electron chi connectivity index (χ4n) is 4.00. The average molecular weight is 474 g/mol. The van der Waals surface area contributed by atoms with Crippen molar-refractivity contribution in [2.45, 2.75) is 34.1 Å². The van der Waals surface area contributed by atoms with E-state index in [9.17, 15) is 4.79 Å². The van der Waals surface area contributed by atoms with Crippen molar-refractivity contribution >= 4 is 34.9 Å². The monoisotopic (exact) mass is 473 g/mol. The first kappa shape index (κ1) is 22.5. The van der Waals surface area contributed by atoms with Gasteiger partial charge in [-0.05, 0) is 39.8 Å². The van der Waals surface area contributed by atoms with Crippen LogP contribution in [0.2, 0.25) is 10.0 Å². The van der Waals surface area contributed by atoms with Crippen molar-refractivity contribution in [2.75, 3.05) is 31.1 Å². The Morgan fingerprint density at radius 3 is 2.28 bits per heavy atom. The minimum atomic E-state index is 0.0758. The van der Waals surface area contributed by atoms with Crippen LogP contribution in [0.5, 0.6) is 0 Å². The summed E-state index contributed by atoms with van der Waals surface area (Å²) in [4.78, 5) is 30.4. The highest BCUT2D eigenvalue weighted by Gasteiger charge is 2.25. The van der Waals surface area contributed by atoms with Crippen molar-refractivity contribution in [2.24, 2.45) is 0 Å². The van der Waals surface area contributed by atoms with Gasteiger partial charge in [0.1, 0.15) is 5.82 Å². The standard InChI is InChI=1S/C22H25Cl2N7O/c1-13-9-14(2)27-22(26-13)31-16(4)18(15(3)28-31)11-20(32)29-5-7-30(8-6-29)21-19(24)10-17(23)12-25-21/h9-10,12H,5-8,11H2,1-4H3. The summed E-state index contributed by atoms with van der Waals surface area (Å²) in [6.45, 7) is 10.3. The van der Waals surface area contributed by atoms with E-state index in [2.05, 4.69) is 25.0 Å². The Labute approximate surface area is 197 Å². The number of hydrogen-bond donors (Lipinski definition) is 0. The minimum absolute atomic E-state index is 0.0758. The van der Waals surface area contributed by atoms with E-state index in [1.165, 1.54) is 0 Å². The van der Waals surface area contributed by atoms with Gasteiger partial charge in [-0.1, -0.05) is 23.2 Å². The van der Waals surface area contributed by atoms with Gasteiger partial charge in [0.25, 0.3) is 5.95 Å². The Hall–Kier alpha value is -2.71. The summed E-state index contributed by atoms with van der Waals surface area (Å²) in [5.74, 6) is 1.30. The number of aryl methyl sites for hydroxylation is 3. The molecule has 3 aromatic rings. The van der Waals surface area contributed by atoms with Gasteiger partial charge < -0.3 is 9.80 Å². The second kappa shape index (κ2) is 9.03. The number of halogens is 2. The fourth-order valence-corrected chi connectivity index (χ4v) is 4.50. The minimum Gasteiger partial charge on any atom is -0.352 e. The zero-order valence-corrected chi connectivity index (χ0v) is 20.1. The van der Waals surface area contributed by atoms with Gasteiger partial charge in [0, 0.05) is 55.0 Å². The number of aromatic nitrogens is 5. The Bertz CT molecular complexity index is 1150. The lowest BCUT2D eigenvalue weighted by Gasteiger charge is -2.35. The summed E-state index contributed by atoms with van der Waals surface area (Å²) >= 11 is 12.2. The van der Waals surface area contributed by atoms with Gasteiger partial charge in [-0.25, -0.2) is 19.6 Å². The second-order valence-electron chi connectivity index (χ2n) is 8.02. The summed E-state index contributed by atoms with van der Waals surface area (Å²) < 4.78 is 1.73. The van der Waals surface area contributed by atoms with Gasteiger partial charge in [0.2, 0.25) is 5.91 Å². The highest BCUT2D eigenvalue weighted by Crippen LogP contribution is 2.27. The van der Waals surface area contributed by atoms with Gasteiger partial charge in [0.05, 0.1) is 22.2 Å². The molecule has 0 spiro atoms. The molecule has 0 saturated carbocycles. The Morgan fingerprint density at radius 2 is 1.66 bits per heavy atom. The lowest BCUT2D eigenvalue weighted by molar-refractivity contribution is -0.130. The number of piperazine rings is 1. The predicted molar refractivity (Wildman–Crippen MR) is 125 cm³/mol. The van der Waals surface area contributed by atoms with Crippen LogP contribution in [0.3, 0.4) is 0 Å². The first-order chi connectivity index (χ1) is 15.2. The Morgan fingerprint density at radius 1 is 1.00 bits per heavy atom. The van der Waals surface area contributed by atoms with Crippen molar-refractivity contribution in [3.8, 4) is 5.95 Å². The van der Waals surface area contributed by atoms with Crippen LogP contribution < -0.4 is 4.90 Å². The highest BCUT2D eigenvalue weighted by molar-refractivity contribution is 6.36. The summed E-state index contributed by atoms with van der Waals surface area (Å²) in [7, 11) is 0. The van der Waals surface area contributed by atoms with Crippen molar-refractivity contribution in [1.82, 2.24) is 29.6 Å². The molecule has 1 amide bonds. The highest BCUT2D eigenvalue weighted by atomic mass is 35.5.